The van der Waals surface area contributed by atoms with Crippen molar-refractivity contribution in [2.75, 3.05) is 26.3 Å². The first-order valence-corrected chi connectivity index (χ1v) is 8.46. The molecule has 0 spiro atoms. The largest absolute Gasteiger partial charge is 0.371 e. The van der Waals surface area contributed by atoms with Gasteiger partial charge in [0.2, 0.25) is 0 Å². The van der Waals surface area contributed by atoms with Crippen LogP contribution in [0.1, 0.15) is 16.4 Å². The molecule has 2 saturated heterocycles. The number of likely N-dealkylation sites (tertiary alicyclic amines) is 1. The molecular formula is C17H17ClFN3O3. The fraction of sp³-hybridized carbons (Fsp3) is 0.412. The molecule has 6 nitrogen and oxygen atoms in total. The van der Waals surface area contributed by atoms with Crippen molar-refractivity contribution in [3.63, 3.8) is 0 Å². The van der Waals surface area contributed by atoms with Crippen molar-refractivity contribution >= 4 is 17.5 Å². The number of hydrogen-bond donors (Lipinski definition) is 0. The molecule has 8 heteroatoms. The van der Waals surface area contributed by atoms with Crippen LogP contribution in [0, 0.1) is 5.82 Å². The second-order valence-corrected chi connectivity index (χ2v) is 6.62. The molecule has 0 N–H and O–H groups in total. The third-order valence-corrected chi connectivity index (χ3v) is 4.88. The van der Waals surface area contributed by atoms with Crippen LogP contribution in [0.5, 0.6) is 0 Å². The summed E-state index contributed by atoms with van der Waals surface area (Å²) in [5.74, 6) is -0.710. The zero-order valence-electron chi connectivity index (χ0n) is 13.3. The average Bonchev–Trinajstić information content (AvgIpc) is 3.22. The fourth-order valence-electron chi connectivity index (χ4n) is 3.23. The highest BCUT2D eigenvalue weighted by molar-refractivity contribution is 6.33. The zero-order chi connectivity index (χ0) is 17.4. The molecule has 25 heavy (non-hydrogen) atoms. The van der Waals surface area contributed by atoms with E-state index in [-0.39, 0.29) is 34.7 Å². The Balaban J connectivity index is 1.43. The lowest BCUT2D eigenvalue weighted by Gasteiger charge is -2.19. The molecule has 2 aromatic rings. The monoisotopic (exact) mass is 365 g/mol. The Morgan fingerprint density at radius 2 is 1.96 bits per heavy atom. The molecule has 0 bridgehead atoms. The summed E-state index contributed by atoms with van der Waals surface area (Å²) < 4.78 is 26.9. The number of amides is 1. The minimum Gasteiger partial charge on any atom is -0.371 e. The van der Waals surface area contributed by atoms with E-state index in [1.807, 2.05) is 16.9 Å². The molecule has 1 aromatic carbocycles. The van der Waals surface area contributed by atoms with Gasteiger partial charge in [0, 0.05) is 25.5 Å². The van der Waals surface area contributed by atoms with Gasteiger partial charge in [-0.15, -0.1) is 0 Å². The van der Waals surface area contributed by atoms with E-state index in [9.17, 15) is 9.18 Å². The number of halogens is 2. The molecule has 0 unspecified atom stereocenters. The lowest BCUT2D eigenvalue weighted by molar-refractivity contribution is -0.00461. The van der Waals surface area contributed by atoms with Gasteiger partial charge in [-0.05, 0) is 24.3 Å². The molecule has 2 aliphatic rings. The number of hydrogen-bond acceptors (Lipinski definition) is 4. The van der Waals surface area contributed by atoms with Crippen LogP contribution in [-0.4, -0.2) is 59.1 Å². The molecule has 2 atom stereocenters. The van der Waals surface area contributed by atoms with Gasteiger partial charge >= 0.3 is 0 Å². The zero-order valence-corrected chi connectivity index (χ0v) is 14.1. The summed E-state index contributed by atoms with van der Waals surface area (Å²) in [6.45, 7) is 1.79. The summed E-state index contributed by atoms with van der Waals surface area (Å²) in [6, 6.07) is 5.67. The minimum absolute atomic E-state index is 0.0243. The summed E-state index contributed by atoms with van der Waals surface area (Å²) in [5.41, 5.74) is 0.286. The molecule has 2 fully saturated rings. The first-order valence-electron chi connectivity index (χ1n) is 8.08. The molecule has 132 valence electrons. The molecule has 4 rings (SSSR count). The lowest BCUT2D eigenvalue weighted by atomic mass is 10.2. The van der Waals surface area contributed by atoms with Crippen LogP contribution in [0.2, 0.25) is 5.02 Å². The number of rotatable bonds is 2. The predicted molar refractivity (Wildman–Crippen MR) is 88.1 cm³/mol. The van der Waals surface area contributed by atoms with Crippen molar-refractivity contribution in [2.45, 2.75) is 18.2 Å². The number of carbonyl (C=O) groups is 1. The van der Waals surface area contributed by atoms with Gasteiger partial charge in [0.25, 0.3) is 5.91 Å². The highest BCUT2D eigenvalue weighted by atomic mass is 35.5. The van der Waals surface area contributed by atoms with Crippen molar-refractivity contribution in [3.8, 4) is 0 Å². The Hall–Kier alpha value is -1.96. The van der Waals surface area contributed by atoms with E-state index in [1.165, 1.54) is 12.1 Å². The Kier molecular flexibility index (Phi) is 4.45. The Morgan fingerprint density at radius 1 is 1.24 bits per heavy atom. The molecule has 1 aromatic heterocycles. The SMILES string of the molecule is O=C(c1ccc(F)cc1Cl)N1C[C@@H]2OCC(n3cccn3)CO[C@H]2C1. The molecule has 0 saturated carbocycles. The number of aromatic nitrogens is 2. The number of benzene rings is 1. The van der Waals surface area contributed by atoms with Crippen LogP contribution in [-0.2, 0) is 9.47 Å². The minimum atomic E-state index is -0.468. The highest BCUT2D eigenvalue weighted by Crippen LogP contribution is 2.26. The summed E-state index contributed by atoms with van der Waals surface area (Å²) >= 11 is 6.00. The second kappa shape index (κ2) is 6.74. The molecule has 1 amide bonds. The van der Waals surface area contributed by atoms with E-state index in [4.69, 9.17) is 21.1 Å². The fourth-order valence-corrected chi connectivity index (χ4v) is 3.48. The van der Waals surface area contributed by atoms with Crippen LogP contribution >= 0.6 is 11.6 Å². The third-order valence-electron chi connectivity index (χ3n) is 4.57. The number of nitrogens with zero attached hydrogens (tertiary/aromatic N) is 3. The van der Waals surface area contributed by atoms with Crippen molar-refractivity contribution in [1.82, 2.24) is 14.7 Å². The van der Waals surface area contributed by atoms with E-state index < -0.39 is 5.82 Å². The van der Waals surface area contributed by atoms with Crippen LogP contribution in [0.4, 0.5) is 4.39 Å². The van der Waals surface area contributed by atoms with Gasteiger partial charge in [-0.25, -0.2) is 4.39 Å². The second-order valence-electron chi connectivity index (χ2n) is 6.22. The Morgan fingerprint density at radius 3 is 2.56 bits per heavy atom. The van der Waals surface area contributed by atoms with Crippen molar-refractivity contribution < 1.29 is 18.7 Å². The summed E-state index contributed by atoms with van der Waals surface area (Å²) in [4.78, 5) is 14.3. The van der Waals surface area contributed by atoms with Gasteiger partial charge in [-0.1, -0.05) is 11.6 Å². The predicted octanol–water partition coefficient (Wildman–Crippen LogP) is 2.16. The van der Waals surface area contributed by atoms with E-state index in [2.05, 4.69) is 5.10 Å². The topological polar surface area (TPSA) is 56.6 Å². The van der Waals surface area contributed by atoms with E-state index >= 15 is 0 Å². The number of carbonyl (C=O) groups excluding carboxylic acids is 1. The van der Waals surface area contributed by atoms with Crippen LogP contribution < -0.4 is 0 Å². The maximum Gasteiger partial charge on any atom is 0.255 e. The maximum absolute atomic E-state index is 13.2. The van der Waals surface area contributed by atoms with Gasteiger partial charge in [0.05, 0.1) is 29.8 Å². The van der Waals surface area contributed by atoms with Crippen molar-refractivity contribution in [3.05, 3.63) is 53.1 Å². The summed E-state index contributed by atoms with van der Waals surface area (Å²) in [6.07, 6.45) is 3.22. The molecule has 3 heterocycles. The van der Waals surface area contributed by atoms with Crippen LogP contribution in [0.3, 0.4) is 0 Å². The van der Waals surface area contributed by atoms with E-state index in [1.54, 1.807) is 11.1 Å². The van der Waals surface area contributed by atoms with Gasteiger partial charge in [-0.3, -0.25) is 9.48 Å². The van der Waals surface area contributed by atoms with Crippen LogP contribution in [0.15, 0.2) is 36.7 Å². The first-order chi connectivity index (χ1) is 12.1. The van der Waals surface area contributed by atoms with E-state index in [0.29, 0.717) is 26.3 Å². The highest BCUT2D eigenvalue weighted by Gasteiger charge is 2.40. The third kappa shape index (κ3) is 3.27. The number of fused-ring (bicyclic) bond motifs is 1. The van der Waals surface area contributed by atoms with Crippen molar-refractivity contribution in [2.24, 2.45) is 0 Å². The lowest BCUT2D eigenvalue weighted by Crippen LogP contribution is -2.31. The van der Waals surface area contributed by atoms with Crippen molar-refractivity contribution in [1.29, 1.82) is 0 Å². The average molecular weight is 366 g/mol. The first kappa shape index (κ1) is 16.5. The molecule has 2 aliphatic heterocycles. The number of ether oxygens (including phenoxy) is 2. The summed E-state index contributed by atoms with van der Waals surface area (Å²) in [7, 11) is 0. The van der Waals surface area contributed by atoms with Gasteiger partial charge in [0.15, 0.2) is 0 Å². The quantitative estimate of drug-likeness (QED) is 0.818. The van der Waals surface area contributed by atoms with Gasteiger partial charge in [0.1, 0.15) is 18.0 Å². The van der Waals surface area contributed by atoms with Crippen LogP contribution in [0.25, 0.3) is 0 Å². The molecular weight excluding hydrogens is 349 g/mol. The molecule has 0 radical (unpaired) electrons. The van der Waals surface area contributed by atoms with Gasteiger partial charge in [-0.2, -0.15) is 5.10 Å². The summed E-state index contributed by atoms with van der Waals surface area (Å²) in [5, 5.41) is 4.33. The normalized spacial score (nSPS) is 24.2. The molecule has 0 aliphatic carbocycles. The smallest absolute Gasteiger partial charge is 0.255 e. The van der Waals surface area contributed by atoms with Gasteiger partial charge < -0.3 is 14.4 Å². The Bertz CT molecular complexity index is 755. The van der Waals surface area contributed by atoms with E-state index in [0.717, 1.165) is 6.07 Å². The maximum atomic E-state index is 13.2. The standard InChI is InChI=1S/C17H17ClFN3O3/c18-14-6-11(19)2-3-13(14)17(23)21-7-15-16(8-21)25-10-12(9-24-15)22-5-1-4-20-22/h1-6,12,15-16H,7-10H2/t15-,16-/m0/s1. The Labute approximate surface area is 149 Å².